The second-order valence-electron chi connectivity index (χ2n) is 6.78. The van der Waals surface area contributed by atoms with Gasteiger partial charge in [-0.2, -0.15) is 13.2 Å². The monoisotopic (exact) mass is 422 g/mol. The van der Waals surface area contributed by atoms with Gasteiger partial charge in [0.25, 0.3) is 5.91 Å². The van der Waals surface area contributed by atoms with Gasteiger partial charge in [0, 0.05) is 17.3 Å². The molecule has 0 aliphatic carbocycles. The molecule has 0 unspecified atom stereocenters. The van der Waals surface area contributed by atoms with Crippen molar-refractivity contribution in [2.75, 3.05) is 5.32 Å². The molecule has 0 aliphatic rings. The van der Waals surface area contributed by atoms with Crippen LogP contribution in [0.25, 0.3) is 10.9 Å². The van der Waals surface area contributed by atoms with Gasteiger partial charge in [-0.1, -0.05) is 30.3 Å². The van der Waals surface area contributed by atoms with Crippen molar-refractivity contribution in [3.05, 3.63) is 95.8 Å². The Morgan fingerprint density at radius 3 is 2.52 bits per heavy atom. The largest absolute Gasteiger partial charge is 0.416 e. The molecule has 0 bridgehead atoms. The van der Waals surface area contributed by atoms with Gasteiger partial charge in [-0.25, -0.2) is 4.98 Å². The number of amides is 1. The molecular formula is C23H17F3N4O. The molecule has 2 N–H and O–H groups in total. The Hall–Kier alpha value is -3.94. The molecule has 5 nitrogen and oxygen atoms in total. The molecule has 2 aromatic heterocycles. The van der Waals surface area contributed by atoms with Crippen LogP contribution in [-0.4, -0.2) is 15.9 Å². The lowest BCUT2D eigenvalue weighted by Crippen LogP contribution is -2.23. The number of nitrogens with one attached hydrogen (secondary N) is 2. The number of nitrogens with zero attached hydrogens (tertiary/aromatic N) is 2. The fourth-order valence-corrected chi connectivity index (χ4v) is 3.12. The molecule has 0 radical (unpaired) electrons. The molecule has 0 aliphatic heterocycles. The van der Waals surface area contributed by atoms with E-state index in [0.717, 1.165) is 12.1 Å². The summed E-state index contributed by atoms with van der Waals surface area (Å²) in [6, 6.07) is 18.8. The number of hydrogen-bond acceptors (Lipinski definition) is 4. The lowest BCUT2D eigenvalue weighted by Gasteiger charge is -2.13. The van der Waals surface area contributed by atoms with Crippen molar-refractivity contribution in [2.24, 2.45) is 0 Å². The van der Waals surface area contributed by atoms with Crippen LogP contribution in [0.2, 0.25) is 0 Å². The van der Waals surface area contributed by atoms with Gasteiger partial charge < -0.3 is 10.6 Å². The smallest absolute Gasteiger partial charge is 0.346 e. The standard InChI is InChI=1S/C23H17F3N4O/c24-23(25,26)15-6-5-8-16(12-15)29-21-13-19(18-9-1-2-10-20(18)30-21)22(31)28-14-17-7-3-4-11-27-17/h1-13H,14H2,(H,28,31)(H,29,30). The summed E-state index contributed by atoms with van der Waals surface area (Å²) in [4.78, 5) is 21.5. The zero-order valence-corrected chi connectivity index (χ0v) is 16.1. The number of carbonyl (C=O) groups is 1. The molecule has 156 valence electrons. The van der Waals surface area contributed by atoms with Gasteiger partial charge in [-0.3, -0.25) is 9.78 Å². The summed E-state index contributed by atoms with van der Waals surface area (Å²) in [7, 11) is 0. The number of benzene rings is 2. The summed E-state index contributed by atoms with van der Waals surface area (Å²) in [6.45, 7) is 0.243. The molecule has 0 saturated heterocycles. The Bertz CT molecular complexity index is 1230. The average molecular weight is 422 g/mol. The van der Waals surface area contributed by atoms with Crippen LogP contribution in [0.5, 0.6) is 0 Å². The number of aromatic nitrogens is 2. The fourth-order valence-electron chi connectivity index (χ4n) is 3.12. The number of fused-ring (bicyclic) bond motifs is 1. The number of anilines is 2. The predicted octanol–water partition coefficient (Wildman–Crippen LogP) is 5.32. The van der Waals surface area contributed by atoms with E-state index < -0.39 is 11.7 Å². The minimum absolute atomic E-state index is 0.220. The third-order valence-electron chi connectivity index (χ3n) is 4.58. The molecular weight excluding hydrogens is 405 g/mol. The minimum Gasteiger partial charge on any atom is -0.346 e. The van der Waals surface area contributed by atoms with Crippen molar-refractivity contribution in [2.45, 2.75) is 12.7 Å². The number of halogens is 3. The maximum Gasteiger partial charge on any atom is 0.416 e. The molecule has 0 fully saturated rings. The van der Waals surface area contributed by atoms with E-state index in [2.05, 4.69) is 20.6 Å². The number of rotatable bonds is 5. The van der Waals surface area contributed by atoms with Gasteiger partial charge in [0.15, 0.2) is 0 Å². The van der Waals surface area contributed by atoms with Gasteiger partial charge >= 0.3 is 6.18 Å². The van der Waals surface area contributed by atoms with E-state index in [1.165, 1.54) is 18.2 Å². The van der Waals surface area contributed by atoms with E-state index in [-0.39, 0.29) is 24.0 Å². The van der Waals surface area contributed by atoms with Gasteiger partial charge in [-0.05, 0) is 42.5 Å². The highest BCUT2D eigenvalue weighted by atomic mass is 19.4. The second-order valence-corrected chi connectivity index (χ2v) is 6.78. The number of hydrogen-bond donors (Lipinski definition) is 2. The van der Waals surface area contributed by atoms with Gasteiger partial charge in [-0.15, -0.1) is 0 Å². The summed E-state index contributed by atoms with van der Waals surface area (Å²) in [6.07, 6.45) is -2.81. The van der Waals surface area contributed by atoms with Gasteiger partial charge in [0.05, 0.1) is 28.9 Å². The van der Waals surface area contributed by atoms with E-state index in [9.17, 15) is 18.0 Å². The van der Waals surface area contributed by atoms with Crippen molar-refractivity contribution in [3.63, 3.8) is 0 Å². The first kappa shape index (κ1) is 20.3. The highest BCUT2D eigenvalue weighted by molar-refractivity contribution is 6.07. The van der Waals surface area contributed by atoms with Crippen LogP contribution in [0.4, 0.5) is 24.7 Å². The molecule has 2 heterocycles. The van der Waals surface area contributed by atoms with E-state index in [4.69, 9.17) is 0 Å². The molecule has 31 heavy (non-hydrogen) atoms. The third-order valence-corrected chi connectivity index (χ3v) is 4.58. The third kappa shape index (κ3) is 4.80. The normalized spacial score (nSPS) is 11.3. The molecule has 8 heteroatoms. The van der Waals surface area contributed by atoms with Gasteiger partial charge in [0.1, 0.15) is 5.82 Å². The number of carbonyl (C=O) groups excluding carboxylic acids is 1. The molecule has 1 amide bonds. The highest BCUT2D eigenvalue weighted by Crippen LogP contribution is 2.31. The summed E-state index contributed by atoms with van der Waals surface area (Å²) in [5, 5.41) is 6.33. The van der Waals surface area contributed by atoms with Crippen molar-refractivity contribution in [1.29, 1.82) is 0 Å². The first-order valence-electron chi connectivity index (χ1n) is 9.42. The number of pyridine rings is 2. The lowest BCUT2D eigenvalue weighted by molar-refractivity contribution is -0.137. The summed E-state index contributed by atoms with van der Waals surface area (Å²) in [5.41, 5.74) is 1.05. The van der Waals surface area contributed by atoms with Crippen molar-refractivity contribution >= 4 is 28.3 Å². The van der Waals surface area contributed by atoms with Crippen molar-refractivity contribution in [3.8, 4) is 0 Å². The van der Waals surface area contributed by atoms with Crippen molar-refractivity contribution < 1.29 is 18.0 Å². The first-order chi connectivity index (χ1) is 14.9. The Morgan fingerprint density at radius 2 is 1.74 bits per heavy atom. The van der Waals surface area contributed by atoms with Crippen LogP contribution in [-0.2, 0) is 12.7 Å². The number of alkyl halides is 3. The lowest BCUT2D eigenvalue weighted by atomic mass is 10.1. The minimum atomic E-state index is -4.45. The highest BCUT2D eigenvalue weighted by Gasteiger charge is 2.30. The molecule has 4 aromatic rings. The summed E-state index contributed by atoms with van der Waals surface area (Å²) >= 11 is 0. The Balaban J connectivity index is 1.64. The maximum absolute atomic E-state index is 13.0. The zero-order chi connectivity index (χ0) is 21.8. The summed E-state index contributed by atoms with van der Waals surface area (Å²) in [5.74, 6) is -0.0719. The van der Waals surface area contributed by atoms with E-state index in [1.807, 2.05) is 6.07 Å². The maximum atomic E-state index is 13.0. The Kier molecular flexibility index (Phi) is 5.53. The molecule has 0 spiro atoms. The van der Waals surface area contributed by atoms with Crippen LogP contribution < -0.4 is 10.6 Å². The van der Waals surface area contributed by atoms with Crippen LogP contribution in [0.1, 0.15) is 21.6 Å². The molecule has 0 saturated carbocycles. The van der Waals surface area contributed by atoms with Crippen LogP contribution >= 0.6 is 0 Å². The zero-order valence-electron chi connectivity index (χ0n) is 16.1. The van der Waals surface area contributed by atoms with Crippen LogP contribution in [0.15, 0.2) is 79.0 Å². The van der Waals surface area contributed by atoms with Crippen molar-refractivity contribution in [1.82, 2.24) is 15.3 Å². The Labute approximate surface area is 176 Å². The molecule has 4 rings (SSSR count). The summed E-state index contributed by atoms with van der Waals surface area (Å²) < 4.78 is 39.0. The second kappa shape index (κ2) is 8.43. The topological polar surface area (TPSA) is 66.9 Å². The predicted molar refractivity (Wildman–Crippen MR) is 112 cm³/mol. The SMILES string of the molecule is O=C(NCc1ccccn1)c1cc(Nc2cccc(C(F)(F)F)c2)nc2ccccc12. The quantitative estimate of drug-likeness (QED) is 0.457. The van der Waals surface area contributed by atoms with E-state index in [1.54, 1.807) is 42.6 Å². The van der Waals surface area contributed by atoms with E-state index >= 15 is 0 Å². The molecule has 2 aromatic carbocycles. The molecule has 0 atom stereocenters. The Morgan fingerprint density at radius 1 is 0.935 bits per heavy atom. The van der Waals surface area contributed by atoms with Gasteiger partial charge in [0.2, 0.25) is 0 Å². The van der Waals surface area contributed by atoms with E-state index in [0.29, 0.717) is 22.2 Å². The van der Waals surface area contributed by atoms with Crippen LogP contribution in [0.3, 0.4) is 0 Å². The number of para-hydroxylation sites is 1. The fraction of sp³-hybridized carbons (Fsp3) is 0.0870. The average Bonchev–Trinajstić information content (AvgIpc) is 2.77. The first-order valence-corrected chi connectivity index (χ1v) is 9.42. The van der Waals surface area contributed by atoms with Crippen LogP contribution in [0, 0.1) is 0 Å².